The van der Waals surface area contributed by atoms with Gasteiger partial charge in [-0.2, -0.15) is 0 Å². The summed E-state index contributed by atoms with van der Waals surface area (Å²) in [6, 6.07) is 6.16. The van der Waals surface area contributed by atoms with Crippen molar-refractivity contribution < 1.29 is 19.1 Å². The topological polar surface area (TPSA) is 57.6 Å². The van der Waals surface area contributed by atoms with Crippen molar-refractivity contribution in [3.63, 3.8) is 0 Å². The molecule has 0 radical (unpaired) electrons. The maximum Gasteiger partial charge on any atom is 0.311 e. The molecule has 1 unspecified atom stereocenters. The van der Waals surface area contributed by atoms with Gasteiger partial charge in [-0.15, -0.1) is 0 Å². The van der Waals surface area contributed by atoms with Crippen LogP contribution in [0.2, 0.25) is 0 Å². The number of halogens is 1. The van der Waals surface area contributed by atoms with E-state index in [0.29, 0.717) is 24.9 Å². The fourth-order valence-electron chi connectivity index (χ4n) is 2.62. The van der Waals surface area contributed by atoms with Crippen molar-refractivity contribution in [3.05, 3.63) is 35.6 Å². The molecular weight excluding hydrogens is 261 g/mol. The van der Waals surface area contributed by atoms with Crippen molar-refractivity contribution in [1.82, 2.24) is 4.90 Å². The molecule has 1 amide bonds. The Morgan fingerprint density at radius 2 is 2.10 bits per heavy atom. The second-order valence-electron chi connectivity index (χ2n) is 5.27. The maximum absolute atomic E-state index is 13.5. The SMILES string of the molecule is CCC1(C(=O)O)CCN(C(=O)Cc2ccccc2F)C1. The number of hydrogen-bond donors (Lipinski definition) is 1. The largest absolute Gasteiger partial charge is 0.481 e. The van der Waals surface area contributed by atoms with Gasteiger partial charge in [-0.05, 0) is 24.5 Å². The molecule has 2 rings (SSSR count). The molecule has 1 fully saturated rings. The first-order valence-corrected chi connectivity index (χ1v) is 6.73. The normalized spacial score (nSPS) is 22.0. The Morgan fingerprint density at radius 1 is 1.40 bits per heavy atom. The quantitative estimate of drug-likeness (QED) is 0.918. The molecule has 5 heteroatoms. The average molecular weight is 279 g/mol. The van der Waals surface area contributed by atoms with Crippen LogP contribution in [-0.4, -0.2) is 35.0 Å². The highest BCUT2D eigenvalue weighted by molar-refractivity contribution is 5.82. The number of nitrogens with zero attached hydrogens (tertiary/aromatic N) is 1. The lowest BCUT2D eigenvalue weighted by Crippen LogP contribution is -2.37. The van der Waals surface area contributed by atoms with Crippen LogP contribution < -0.4 is 0 Å². The molecule has 1 atom stereocenters. The van der Waals surface area contributed by atoms with E-state index in [9.17, 15) is 19.1 Å². The number of carbonyl (C=O) groups excluding carboxylic acids is 1. The minimum absolute atomic E-state index is 0.0217. The smallest absolute Gasteiger partial charge is 0.311 e. The number of likely N-dealkylation sites (tertiary alicyclic amines) is 1. The van der Waals surface area contributed by atoms with E-state index in [-0.39, 0.29) is 18.9 Å². The average Bonchev–Trinajstić information content (AvgIpc) is 2.87. The summed E-state index contributed by atoms with van der Waals surface area (Å²) in [7, 11) is 0. The number of carboxylic acid groups (broad SMARTS) is 1. The monoisotopic (exact) mass is 279 g/mol. The Morgan fingerprint density at radius 3 is 2.65 bits per heavy atom. The van der Waals surface area contributed by atoms with E-state index in [1.165, 1.54) is 11.0 Å². The number of rotatable bonds is 4. The molecule has 1 saturated heterocycles. The molecule has 1 heterocycles. The summed E-state index contributed by atoms with van der Waals surface area (Å²) < 4.78 is 13.5. The van der Waals surface area contributed by atoms with Gasteiger partial charge in [0, 0.05) is 13.1 Å². The van der Waals surface area contributed by atoms with Gasteiger partial charge in [-0.1, -0.05) is 25.1 Å². The third-order valence-corrected chi connectivity index (χ3v) is 4.14. The lowest BCUT2D eigenvalue weighted by atomic mass is 9.84. The van der Waals surface area contributed by atoms with Crippen LogP contribution in [-0.2, 0) is 16.0 Å². The van der Waals surface area contributed by atoms with Gasteiger partial charge in [-0.3, -0.25) is 9.59 Å². The lowest BCUT2D eigenvalue weighted by Gasteiger charge is -2.23. The third kappa shape index (κ3) is 2.66. The Bertz CT molecular complexity index is 532. The summed E-state index contributed by atoms with van der Waals surface area (Å²) in [6.45, 7) is 2.46. The molecule has 1 aromatic carbocycles. The summed E-state index contributed by atoms with van der Waals surface area (Å²) in [6.07, 6.45) is 0.930. The Labute approximate surface area is 117 Å². The Kier molecular flexibility index (Phi) is 4.06. The van der Waals surface area contributed by atoms with Crippen LogP contribution in [0.4, 0.5) is 4.39 Å². The van der Waals surface area contributed by atoms with Crippen LogP contribution in [0.5, 0.6) is 0 Å². The van der Waals surface area contributed by atoms with Gasteiger partial charge in [-0.25, -0.2) is 4.39 Å². The Hall–Kier alpha value is -1.91. The summed E-state index contributed by atoms with van der Waals surface area (Å²) in [5, 5.41) is 9.30. The molecule has 1 aromatic rings. The number of benzene rings is 1. The number of amides is 1. The van der Waals surface area contributed by atoms with Gasteiger partial charge in [0.2, 0.25) is 5.91 Å². The van der Waals surface area contributed by atoms with Gasteiger partial charge in [0.1, 0.15) is 5.82 Å². The molecular formula is C15H18FNO3. The molecule has 0 saturated carbocycles. The van der Waals surface area contributed by atoms with Crippen LogP contribution in [0, 0.1) is 11.2 Å². The molecule has 1 aliphatic rings. The Balaban J connectivity index is 2.05. The van der Waals surface area contributed by atoms with E-state index in [2.05, 4.69) is 0 Å². The first-order valence-electron chi connectivity index (χ1n) is 6.73. The molecule has 0 bridgehead atoms. The zero-order valence-electron chi connectivity index (χ0n) is 11.4. The van der Waals surface area contributed by atoms with Crippen LogP contribution in [0.1, 0.15) is 25.3 Å². The van der Waals surface area contributed by atoms with Crippen molar-refractivity contribution in [2.45, 2.75) is 26.2 Å². The zero-order chi connectivity index (χ0) is 14.8. The maximum atomic E-state index is 13.5. The predicted octanol–water partition coefficient (Wildman–Crippen LogP) is 2.08. The molecule has 0 aliphatic carbocycles. The minimum Gasteiger partial charge on any atom is -0.481 e. The molecule has 0 spiro atoms. The summed E-state index contributed by atoms with van der Waals surface area (Å²) >= 11 is 0. The fourth-order valence-corrected chi connectivity index (χ4v) is 2.62. The number of carbonyl (C=O) groups is 2. The second-order valence-corrected chi connectivity index (χ2v) is 5.27. The van der Waals surface area contributed by atoms with Crippen LogP contribution in [0.15, 0.2) is 24.3 Å². The zero-order valence-corrected chi connectivity index (χ0v) is 11.4. The van der Waals surface area contributed by atoms with E-state index >= 15 is 0 Å². The van der Waals surface area contributed by atoms with Gasteiger partial charge >= 0.3 is 5.97 Å². The first kappa shape index (κ1) is 14.5. The van der Waals surface area contributed by atoms with Crippen molar-refractivity contribution in [3.8, 4) is 0 Å². The van der Waals surface area contributed by atoms with E-state index in [0.717, 1.165) is 0 Å². The minimum atomic E-state index is -0.860. The van der Waals surface area contributed by atoms with Gasteiger partial charge in [0.25, 0.3) is 0 Å². The summed E-state index contributed by atoms with van der Waals surface area (Å²) in [5.74, 6) is -1.48. The third-order valence-electron chi connectivity index (χ3n) is 4.14. The molecule has 108 valence electrons. The van der Waals surface area contributed by atoms with E-state index in [1.54, 1.807) is 18.2 Å². The predicted molar refractivity (Wildman–Crippen MR) is 71.7 cm³/mol. The standard InChI is InChI=1S/C15H18FNO3/c1-2-15(14(19)20)7-8-17(10-15)13(18)9-11-5-3-4-6-12(11)16/h3-6H,2,7-10H2,1H3,(H,19,20). The van der Waals surface area contributed by atoms with E-state index in [4.69, 9.17) is 0 Å². The van der Waals surface area contributed by atoms with Crippen LogP contribution in [0.3, 0.4) is 0 Å². The van der Waals surface area contributed by atoms with Crippen molar-refractivity contribution in [2.75, 3.05) is 13.1 Å². The summed E-state index contributed by atoms with van der Waals surface area (Å²) in [5.41, 5.74) is -0.493. The van der Waals surface area contributed by atoms with Gasteiger partial charge < -0.3 is 10.0 Å². The lowest BCUT2D eigenvalue weighted by molar-refractivity contribution is -0.148. The molecule has 1 N–H and O–H groups in total. The first-order chi connectivity index (χ1) is 9.48. The number of carboxylic acids is 1. The van der Waals surface area contributed by atoms with E-state index in [1.807, 2.05) is 6.92 Å². The van der Waals surface area contributed by atoms with Crippen molar-refractivity contribution >= 4 is 11.9 Å². The van der Waals surface area contributed by atoms with Crippen molar-refractivity contribution in [2.24, 2.45) is 5.41 Å². The van der Waals surface area contributed by atoms with Crippen LogP contribution in [0.25, 0.3) is 0 Å². The van der Waals surface area contributed by atoms with E-state index < -0.39 is 17.2 Å². The number of aliphatic carboxylic acids is 1. The van der Waals surface area contributed by atoms with Gasteiger partial charge in [0.05, 0.1) is 11.8 Å². The molecule has 1 aliphatic heterocycles. The highest BCUT2D eigenvalue weighted by Gasteiger charge is 2.44. The molecule has 20 heavy (non-hydrogen) atoms. The van der Waals surface area contributed by atoms with Crippen LogP contribution >= 0.6 is 0 Å². The molecule has 0 aromatic heterocycles. The van der Waals surface area contributed by atoms with Crippen molar-refractivity contribution in [1.29, 1.82) is 0 Å². The number of hydrogen-bond acceptors (Lipinski definition) is 2. The second kappa shape index (κ2) is 5.61. The van der Waals surface area contributed by atoms with Gasteiger partial charge in [0.15, 0.2) is 0 Å². The molecule has 4 nitrogen and oxygen atoms in total. The fraction of sp³-hybridized carbons (Fsp3) is 0.467. The summed E-state index contributed by atoms with van der Waals surface area (Å²) in [4.78, 5) is 25.0. The highest BCUT2D eigenvalue weighted by Crippen LogP contribution is 2.34. The highest BCUT2D eigenvalue weighted by atomic mass is 19.1.